The zero-order valence-electron chi connectivity index (χ0n) is 35.3. The predicted octanol–water partition coefficient (Wildman–Crippen LogP) is 1.62. The van der Waals surface area contributed by atoms with Crippen molar-refractivity contribution >= 4 is 69.9 Å². The maximum absolute atomic E-state index is 14.2. The Labute approximate surface area is 379 Å². The van der Waals surface area contributed by atoms with Gasteiger partial charge in [-0.2, -0.15) is 0 Å². The van der Waals surface area contributed by atoms with Crippen LogP contribution in [-0.2, 0) is 51.2 Å². The fraction of sp³-hybridized carbons (Fsp3) is 0.535. The Kier molecular flexibility index (Phi) is 22.1. The Balaban J connectivity index is 1.88. The van der Waals surface area contributed by atoms with Crippen LogP contribution in [0.5, 0.6) is 5.75 Å². The van der Waals surface area contributed by atoms with Crippen molar-refractivity contribution in [3.63, 3.8) is 0 Å². The molecule has 346 valence electrons. The lowest BCUT2D eigenvalue weighted by Gasteiger charge is -2.35. The normalized spacial score (nSPS) is 16.9. The number of carboxylic acids is 5. The van der Waals surface area contributed by atoms with Gasteiger partial charge in [0.25, 0.3) is 0 Å². The number of nitrogens with zero attached hydrogens (tertiary/aromatic N) is 4. The van der Waals surface area contributed by atoms with Crippen molar-refractivity contribution in [1.82, 2.24) is 24.9 Å². The standard InChI is InChI=1S/C43H58IN5O14/c1-2-30(42(60)61)24-37(52)34(22-28-6-4-3-5-7-28)45-41(59)31(20-29-8-11-36(51)33(44)21-29)23-32(50)9-10-35(43(62)63)49-18-16-47(26-39(55)56)14-12-46(25-38(53)54)13-15-48(17-19-49)27-40(57)58/h3-8,11,21,30-31,34-35,51H,2,9-10,12-20,22-27H2,1H3,(H,45,59)(H,53,54)(H,55,56)(H,57,58)(H,60,61)(H,62,63)/t30-,31-,34+,35?/m0/s1. The molecule has 0 bridgehead atoms. The number of carbonyl (C=O) groups is 8. The van der Waals surface area contributed by atoms with E-state index in [9.17, 15) is 69.0 Å². The maximum Gasteiger partial charge on any atom is 0.320 e. The molecule has 2 aromatic carbocycles. The molecule has 0 radical (unpaired) electrons. The van der Waals surface area contributed by atoms with Gasteiger partial charge in [0.15, 0.2) is 5.78 Å². The summed E-state index contributed by atoms with van der Waals surface area (Å²) in [6.45, 7) is 1.19. The number of ketones is 2. The monoisotopic (exact) mass is 995 g/mol. The highest BCUT2D eigenvalue weighted by Crippen LogP contribution is 2.24. The second kappa shape index (κ2) is 26.6. The molecule has 0 aliphatic carbocycles. The molecular weight excluding hydrogens is 937 g/mol. The SMILES string of the molecule is CC[C@@H](CC(=O)[C@@H](Cc1ccccc1)NC(=O)[C@H](CC(=O)CCC(C(=O)O)N1CCN(CC(=O)O)CCN(CC(=O)O)CCN(CC(=O)O)CC1)Cc1ccc(O)c(I)c1)C(=O)O. The summed E-state index contributed by atoms with van der Waals surface area (Å²) in [4.78, 5) is 108. The first kappa shape index (κ1) is 52.3. The van der Waals surface area contributed by atoms with Gasteiger partial charge in [-0.15, -0.1) is 0 Å². The molecule has 1 aliphatic rings. The minimum Gasteiger partial charge on any atom is -0.507 e. The summed E-state index contributed by atoms with van der Waals surface area (Å²) in [5, 5.41) is 61.7. The van der Waals surface area contributed by atoms with Crippen LogP contribution in [0.25, 0.3) is 0 Å². The molecule has 3 rings (SSSR count). The number of aromatic hydroxyl groups is 1. The van der Waals surface area contributed by atoms with Gasteiger partial charge in [0.2, 0.25) is 5.91 Å². The van der Waals surface area contributed by atoms with E-state index in [1.807, 2.05) is 22.6 Å². The van der Waals surface area contributed by atoms with Gasteiger partial charge in [-0.25, -0.2) is 0 Å². The first-order chi connectivity index (χ1) is 29.8. The number of Topliss-reactive ketones (excluding diaryl/α,β-unsaturated/α-hetero) is 2. The highest BCUT2D eigenvalue weighted by atomic mass is 127. The van der Waals surface area contributed by atoms with Crippen molar-refractivity contribution in [2.24, 2.45) is 11.8 Å². The van der Waals surface area contributed by atoms with Crippen LogP contribution in [0.4, 0.5) is 0 Å². The average Bonchev–Trinajstić information content (AvgIpc) is 3.20. The number of hydrogen-bond donors (Lipinski definition) is 7. The first-order valence-corrected chi connectivity index (χ1v) is 21.8. The Morgan fingerprint density at radius 1 is 0.651 bits per heavy atom. The molecule has 0 saturated carbocycles. The van der Waals surface area contributed by atoms with Crippen LogP contribution in [0.1, 0.15) is 50.2 Å². The highest BCUT2D eigenvalue weighted by molar-refractivity contribution is 14.1. The van der Waals surface area contributed by atoms with Crippen molar-refractivity contribution < 1.29 is 69.0 Å². The summed E-state index contributed by atoms with van der Waals surface area (Å²) in [7, 11) is 0. The van der Waals surface area contributed by atoms with E-state index in [1.165, 1.54) is 6.07 Å². The number of amides is 1. The summed E-state index contributed by atoms with van der Waals surface area (Å²) >= 11 is 1.92. The molecule has 1 aliphatic heterocycles. The zero-order valence-corrected chi connectivity index (χ0v) is 37.4. The van der Waals surface area contributed by atoms with Gasteiger partial charge in [-0.1, -0.05) is 43.3 Å². The van der Waals surface area contributed by atoms with E-state index >= 15 is 0 Å². The molecule has 1 amide bonds. The van der Waals surface area contributed by atoms with Crippen molar-refractivity contribution in [2.75, 3.05) is 72.0 Å². The first-order valence-electron chi connectivity index (χ1n) is 20.7. The second-order valence-electron chi connectivity index (χ2n) is 15.7. The molecule has 1 unspecified atom stereocenters. The molecule has 1 fully saturated rings. The second-order valence-corrected chi connectivity index (χ2v) is 16.9. The van der Waals surface area contributed by atoms with E-state index in [2.05, 4.69) is 5.32 Å². The van der Waals surface area contributed by atoms with Crippen LogP contribution >= 0.6 is 22.6 Å². The Hall–Kier alpha value is -5.03. The molecule has 0 spiro atoms. The lowest BCUT2D eigenvalue weighted by Crippen LogP contribution is -2.52. The maximum atomic E-state index is 14.2. The van der Waals surface area contributed by atoms with Crippen LogP contribution in [-0.4, -0.2) is 182 Å². The van der Waals surface area contributed by atoms with Crippen molar-refractivity contribution in [3.8, 4) is 5.75 Å². The third-order valence-corrected chi connectivity index (χ3v) is 11.9. The summed E-state index contributed by atoms with van der Waals surface area (Å²) in [6, 6.07) is 11.1. The van der Waals surface area contributed by atoms with Gasteiger partial charge in [-0.05, 0) is 71.5 Å². The fourth-order valence-electron chi connectivity index (χ4n) is 7.44. The molecular formula is C43H58IN5O14. The Morgan fingerprint density at radius 3 is 1.63 bits per heavy atom. The van der Waals surface area contributed by atoms with Crippen LogP contribution in [0, 0.1) is 15.4 Å². The van der Waals surface area contributed by atoms with E-state index in [4.69, 9.17) is 0 Å². The molecule has 2 aromatic rings. The van der Waals surface area contributed by atoms with Gasteiger partial charge in [0, 0.05) is 77.5 Å². The number of phenols is 1. The van der Waals surface area contributed by atoms with Crippen molar-refractivity contribution in [1.29, 1.82) is 0 Å². The lowest BCUT2D eigenvalue weighted by molar-refractivity contribution is -0.145. The molecule has 20 heteroatoms. The quantitative estimate of drug-likeness (QED) is 0.0736. The van der Waals surface area contributed by atoms with E-state index in [1.54, 1.807) is 69.0 Å². The number of aliphatic carboxylic acids is 5. The van der Waals surface area contributed by atoms with Crippen molar-refractivity contribution in [2.45, 2.75) is 64.0 Å². The van der Waals surface area contributed by atoms with E-state index in [0.29, 0.717) is 14.7 Å². The third-order valence-electron chi connectivity index (χ3n) is 11.0. The molecule has 1 heterocycles. The fourth-order valence-corrected chi connectivity index (χ4v) is 8.02. The van der Waals surface area contributed by atoms with Gasteiger partial charge in [0.05, 0.1) is 35.2 Å². The smallest absolute Gasteiger partial charge is 0.320 e. The summed E-state index contributed by atoms with van der Waals surface area (Å²) in [6.07, 6.45) is -0.954. The molecule has 7 N–H and O–H groups in total. The van der Waals surface area contributed by atoms with Crippen LogP contribution in [0.2, 0.25) is 0 Å². The molecule has 1 saturated heterocycles. The third kappa shape index (κ3) is 19.1. The number of nitrogens with one attached hydrogen (secondary N) is 1. The number of carbonyl (C=O) groups excluding carboxylic acids is 3. The number of benzene rings is 2. The van der Waals surface area contributed by atoms with Crippen LogP contribution < -0.4 is 5.32 Å². The van der Waals surface area contributed by atoms with E-state index < -0.39 is 84.3 Å². The van der Waals surface area contributed by atoms with Gasteiger partial charge < -0.3 is 36.0 Å². The Morgan fingerprint density at radius 2 is 1.17 bits per heavy atom. The van der Waals surface area contributed by atoms with Crippen LogP contribution in [0.15, 0.2) is 48.5 Å². The minimum absolute atomic E-state index is 0.00398. The van der Waals surface area contributed by atoms with Gasteiger partial charge in [-0.3, -0.25) is 58.0 Å². The van der Waals surface area contributed by atoms with Gasteiger partial charge in [0.1, 0.15) is 17.6 Å². The lowest BCUT2D eigenvalue weighted by atomic mass is 9.89. The number of phenolic OH excluding ortho intramolecular Hbond substituents is 1. The van der Waals surface area contributed by atoms with Crippen LogP contribution in [0.3, 0.4) is 0 Å². The molecule has 0 aromatic heterocycles. The van der Waals surface area contributed by atoms with E-state index in [-0.39, 0.29) is 110 Å². The Bertz CT molecular complexity index is 1870. The number of rotatable bonds is 24. The summed E-state index contributed by atoms with van der Waals surface area (Å²) in [5.74, 6) is -9.47. The molecule has 19 nitrogen and oxygen atoms in total. The van der Waals surface area contributed by atoms with E-state index in [0.717, 1.165) is 0 Å². The topological polar surface area (TPSA) is 283 Å². The minimum atomic E-state index is -1.28. The largest absolute Gasteiger partial charge is 0.507 e. The number of halogens is 1. The highest BCUT2D eigenvalue weighted by Gasteiger charge is 2.32. The number of carboxylic acid groups (broad SMARTS) is 5. The summed E-state index contributed by atoms with van der Waals surface area (Å²) in [5.41, 5.74) is 1.30. The molecule has 4 atom stereocenters. The zero-order chi connectivity index (χ0) is 46.6. The molecule has 63 heavy (non-hydrogen) atoms. The average molecular weight is 996 g/mol. The summed E-state index contributed by atoms with van der Waals surface area (Å²) < 4.78 is 0.490. The number of hydrogen-bond acceptors (Lipinski definition) is 13. The van der Waals surface area contributed by atoms with Crippen molar-refractivity contribution in [3.05, 3.63) is 63.2 Å². The predicted molar refractivity (Wildman–Crippen MR) is 235 cm³/mol. The van der Waals surface area contributed by atoms with Gasteiger partial charge >= 0.3 is 29.8 Å².